The molecular weight excluding hydrogens is 176 g/mol. The number of rotatable bonds is 1. The Kier molecular flexibility index (Phi) is 2.48. The molecule has 1 N–H and O–H groups in total. The highest BCUT2D eigenvalue weighted by molar-refractivity contribution is 4.95. The Morgan fingerprint density at radius 1 is 1.14 bits per heavy atom. The molecule has 3 heteroatoms. The molecule has 3 saturated heterocycles. The molecule has 0 aromatic rings. The van der Waals surface area contributed by atoms with E-state index in [9.17, 15) is 0 Å². The van der Waals surface area contributed by atoms with Gasteiger partial charge in [-0.15, -0.1) is 0 Å². The van der Waals surface area contributed by atoms with Crippen molar-refractivity contribution >= 4 is 0 Å². The first-order chi connectivity index (χ1) is 6.93. The number of hydrogen-bond acceptors (Lipinski definition) is 3. The standard InChI is InChI=1S/C11H20N2O/c1-2-9(3-5-12-4-1)13-7-11-6-10(13)8-14-11/h9-12H,1-8H2. The van der Waals surface area contributed by atoms with Crippen LogP contribution in [-0.2, 0) is 4.74 Å². The second-order valence-corrected chi connectivity index (χ2v) is 4.88. The van der Waals surface area contributed by atoms with Gasteiger partial charge in [-0.1, -0.05) is 0 Å². The molecule has 0 radical (unpaired) electrons. The lowest BCUT2D eigenvalue weighted by Gasteiger charge is -2.34. The predicted octanol–water partition coefficient (Wildman–Crippen LogP) is 0.602. The van der Waals surface area contributed by atoms with Gasteiger partial charge in [0.15, 0.2) is 0 Å². The van der Waals surface area contributed by atoms with Crippen molar-refractivity contribution < 1.29 is 4.74 Å². The van der Waals surface area contributed by atoms with Crippen LogP contribution in [0.2, 0.25) is 0 Å². The monoisotopic (exact) mass is 196 g/mol. The molecule has 80 valence electrons. The number of morpholine rings is 1. The zero-order chi connectivity index (χ0) is 9.38. The summed E-state index contributed by atoms with van der Waals surface area (Å²) in [5.41, 5.74) is 0. The van der Waals surface area contributed by atoms with Crippen molar-refractivity contribution in [1.82, 2.24) is 10.2 Å². The lowest BCUT2D eigenvalue weighted by molar-refractivity contribution is 0.00900. The fourth-order valence-electron chi connectivity index (χ4n) is 3.21. The Balaban J connectivity index is 1.63. The molecule has 3 atom stereocenters. The van der Waals surface area contributed by atoms with Crippen LogP contribution in [-0.4, -0.2) is 49.3 Å². The van der Waals surface area contributed by atoms with Crippen LogP contribution in [0, 0.1) is 0 Å². The van der Waals surface area contributed by atoms with E-state index in [0.29, 0.717) is 6.10 Å². The number of nitrogens with one attached hydrogen (secondary N) is 1. The number of ether oxygens (including phenoxy) is 1. The first-order valence-electron chi connectivity index (χ1n) is 6.01. The van der Waals surface area contributed by atoms with E-state index in [4.69, 9.17) is 4.74 Å². The summed E-state index contributed by atoms with van der Waals surface area (Å²) in [6.45, 7) is 4.62. The fourth-order valence-corrected chi connectivity index (χ4v) is 3.21. The van der Waals surface area contributed by atoms with Crippen molar-refractivity contribution in [1.29, 1.82) is 0 Å². The van der Waals surface area contributed by atoms with Crippen LogP contribution < -0.4 is 5.32 Å². The SMILES string of the molecule is C1CNCCC(N2CC3CC2CO3)C1. The van der Waals surface area contributed by atoms with E-state index in [1.54, 1.807) is 0 Å². The minimum atomic E-state index is 0.566. The Morgan fingerprint density at radius 3 is 2.93 bits per heavy atom. The Morgan fingerprint density at radius 2 is 2.14 bits per heavy atom. The van der Waals surface area contributed by atoms with E-state index in [1.807, 2.05) is 0 Å². The average Bonchev–Trinajstić information content (AvgIpc) is 2.72. The molecular formula is C11H20N2O. The van der Waals surface area contributed by atoms with E-state index in [2.05, 4.69) is 10.2 Å². The molecule has 3 nitrogen and oxygen atoms in total. The van der Waals surface area contributed by atoms with Gasteiger partial charge in [-0.05, 0) is 38.8 Å². The summed E-state index contributed by atoms with van der Waals surface area (Å²) < 4.78 is 5.65. The molecule has 3 heterocycles. The first kappa shape index (κ1) is 9.13. The van der Waals surface area contributed by atoms with E-state index in [-0.39, 0.29) is 0 Å². The van der Waals surface area contributed by atoms with Gasteiger partial charge in [0, 0.05) is 18.6 Å². The average molecular weight is 196 g/mol. The highest BCUT2D eigenvalue weighted by atomic mass is 16.5. The second kappa shape index (κ2) is 3.80. The summed E-state index contributed by atoms with van der Waals surface area (Å²) in [6.07, 6.45) is 5.93. The van der Waals surface area contributed by atoms with Crippen LogP contribution in [0.4, 0.5) is 0 Å². The van der Waals surface area contributed by atoms with Gasteiger partial charge >= 0.3 is 0 Å². The molecule has 3 unspecified atom stereocenters. The molecule has 0 saturated carbocycles. The van der Waals surface area contributed by atoms with Gasteiger partial charge in [0.1, 0.15) is 0 Å². The van der Waals surface area contributed by atoms with Gasteiger partial charge in [0.2, 0.25) is 0 Å². The highest BCUT2D eigenvalue weighted by Gasteiger charge is 2.41. The molecule has 14 heavy (non-hydrogen) atoms. The number of fused-ring (bicyclic) bond motifs is 2. The van der Waals surface area contributed by atoms with Gasteiger partial charge in [-0.3, -0.25) is 4.90 Å². The van der Waals surface area contributed by atoms with Gasteiger partial charge in [0.05, 0.1) is 12.7 Å². The molecule has 3 aliphatic rings. The normalized spacial score (nSPS) is 44.1. The zero-order valence-electron chi connectivity index (χ0n) is 8.74. The van der Waals surface area contributed by atoms with Crippen molar-refractivity contribution in [2.75, 3.05) is 26.2 Å². The third-order valence-electron chi connectivity index (χ3n) is 3.96. The van der Waals surface area contributed by atoms with Crippen LogP contribution in [0.25, 0.3) is 0 Å². The van der Waals surface area contributed by atoms with Crippen molar-refractivity contribution in [2.24, 2.45) is 0 Å². The van der Waals surface area contributed by atoms with E-state index in [1.165, 1.54) is 45.3 Å². The van der Waals surface area contributed by atoms with Crippen molar-refractivity contribution in [3.05, 3.63) is 0 Å². The Hall–Kier alpha value is -0.120. The quantitative estimate of drug-likeness (QED) is 0.665. The Bertz CT molecular complexity index is 201. The van der Waals surface area contributed by atoms with E-state index in [0.717, 1.165) is 18.7 Å². The molecule has 3 rings (SSSR count). The number of hydrogen-bond donors (Lipinski definition) is 1. The van der Waals surface area contributed by atoms with Gasteiger partial charge in [-0.25, -0.2) is 0 Å². The molecule has 2 bridgehead atoms. The third kappa shape index (κ3) is 1.58. The summed E-state index contributed by atoms with van der Waals surface area (Å²) in [5, 5.41) is 3.49. The van der Waals surface area contributed by atoms with Gasteiger partial charge in [0.25, 0.3) is 0 Å². The van der Waals surface area contributed by atoms with Crippen molar-refractivity contribution in [3.63, 3.8) is 0 Å². The summed E-state index contributed by atoms with van der Waals surface area (Å²) in [4.78, 5) is 2.72. The Labute approximate surface area is 85.8 Å². The summed E-state index contributed by atoms with van der Waals surface area (Å²) in [7, 11) is 0. The zero-order valence-corrected chi connectivity index (χ0v) is 8.74. The summed E-state index contributed by atoms with van der Waals surface area (Å²) in [5.74, 6) is 0. The minimum absolute atomic E-state index is 0.566. The van der Waals surface area contributed by atoms with E-state index >= 15 is 0 Å². The predicted molar refractivity (Wildman–Crippen MR) is 55.4 cm³/mol. The number of likely N-dealkylation sites (tertiary alicyclic amines) is 1. The highest BCUT2D eigenvalue weighted by Crippen LogP contribution is 2.31. The third-order valence-corrected chi connectivity index (χ3v) is 3.96. The van der Waals surface area contributed by atoms with Gasteiger partial charge in [-0.2, -0.15) is 0 Å². The minimum Gasteiger partial charge on any atom is -0.375 e. The van der Waals surface area contributed by atoms with Gasteiger partial charge < -0.3 is 10.1 Å². The van der Waals surface area contributed by atoms with E-state index < -0.39 is 0 Å². The van der Waals surface area contributed by atoms with Crippen LogP contribution in [0.5, 0.6) is 0 Å². The van der Waals surface area contributed by atoms with Crippen LogP contribution >= 0.6 is 0 Å². The molecule has 0 aliphatic carbocycles. The van der Waals surface area contributed by atoms with Crippen LogP contribution in [0.1, 0.15) is 25.7 Å². The van der Waals surface area contributed by atoms with Crippen molar-refractivity contribution in [3.8, 4) is 0 Å². The summed E-state index contributed by atoms with van der Waals surface area (Å²) in [6, 6.07) is 1.59. The maximum atomic E-state index is 5.65. The molecule has 3 aliphatic heterocycles. The smallest absolute Gasteiger partial charge is 0.0718 e. The van der Waals surface area contributed by atoms with Crippen LogP contribution in [0.15, 0.2) is 0 Å². The maximum absolute atomic E-state index is 5.65. The molecule has 0 spiro atoms. The summed E-state index contributed by atoms with van der Waals surface area (Å²) >= 11 is 0. The topological polar surface area (TPSA) is 24.5 Å². The lowest BCUT2D eigenvalue weighted by atomic mass is 10.1. The second-order valence-electron chi connectivity index (χ2n) is 4.88. The van der Waals surface area contributed by atoms with Crippen LogP contribution in [0.3, 0.4) is 0 Å². The molecule has 0 aromatic carbocycles. The first-order valence-corrected chi connectivity index (χ1v) is 6.01. The molecule has 0 aromatic heterocycles. The van der Waals surface area contributed by atoms with Crippen molar-refractivity contribution in [2.45, 2.75) is 43.9 Å². The number of nitrogens with zero attached hydrogens (tertiary/aromatic N) is 1. The molecule has 0 amide bonds. The largest absolute Gasteiger partial charge is 0.375 e. The fraction of sp³-hybridized carbons (Fsp3) is 1.00. The molecule has 3 fully saturated rings. The maximum Gasteiger partial charge on any atom is 0.0718 e. The lowest BCUT2D eigenvalue weighted by Crippen LogP contribution is -2.44.